The molecule has 0 fully saturated rings. The number of benzene rings is 1. The molecule has 5 heteroatoms. The van der Waals surface area contributed by atoms with Gasteiger partial charge in [-0.2, -0.15) is 0 Å². The molecule has 1 aromatic carbocycles. The highest BCUT2D eigenvalue weighted by Gasteiger charge is 2.05. The first-order valence-electron chi connectivity index (χ1n) is 7.37. The van der Waals surface area contributed by atoms with E-state index in [-0.39, 0.29) is 0 Å². The van der Waals surface area contributed by atoms with E-state index in [4.69, 9.17) is 4.74 Å². The van der Waals surface area contributed by atoms with Crippen molar-refractivity contribution < 1.29 is 4.74 Å². The second-order valence-corrected chi connectivity index (χ2v) is 5.13. The van der Waals surface area contributed by atoms with Crippen LogP contribution in [0.25, 0.3) is 11.3 Å². The van der Waals surface area contributed by atoms with E-state index in [1.807, 2.05) is 49.4 Å². The minimum atomic E-state index is 0.667. The number of hydrogen-bond donors (Lipinski definition) is 1. The highest BCUT2D eigenvalue weighted by Crippen LogP contribution is 2.19. The average Bonchev–Trinajstić information content (AvgIpc) is 2.60. The molecule has 0 aliphatic rings. The number of pyridine rings is 1. The molecule has 0 unspecified atom stereocenters. The van der Waals surface area contributed by atoms with Crippen LogP contribution >= 0.6 is 0 Å². The monoisotopic (exact) mass is 306 g/mol. The van der Waals surface area contributed by atoms with E-state index in [1.54, 1.807) is 19.5 Å². The molecule has 2 aromatic heterocycles. The van der Waals surface area contributed by atoms with Crippen LogP contribution in [0.3, 0.4) is 0 Å². The van der Waals surface area contributed by atoms with Crippen LogP contribution in [0, 0.1) is 6.92 Å². The Balaban J connectivity index is 1.79. The number of rotatable bonds is 5. The molecule has 23 heavy (non-hydrogen) atoms. The Bertz CT molecular complexity index is 790. The molecule has 5 nitrogen and oxygen atoms in total. The number of methoxy groups -OCH3 is 1. The number of nitrogens with zero attached hydrogens (tertiary/aromatic N) is 3. The number of ether oxygens (including phenoxy) is 1. The van der Waals surface area contributed by atoms with Gasteiger partial charge in [0, 0.05) is 30.6 Å². The molecule has 0 amide bonds. The lowest BCUT2D eigenvalue weighted by molar-refractivity contribution is 0.414. The molecular weight excluding hydrogens is 288 g/mol. The second-order valence-electron chi connectivity index (χ2n) is 5.13. The van der Waals surface area contributed by atoms with Crippen molar-refractivity contribution in [2.24, 2.45) is 0 Å². The number of nitrogens with one attached hydrogen (secondary N) is 1. The molecule has 0 saturated heterocycles. The van der Waals surface area contributed by atoms with Crippen LogP contribution in [0.15, 0.2) is 54.9 Å². The zero-order valence-electron chi connectivity index (χ0n) is 13.2. The second kappa shape index (κ2) is 6.87. The summed E-state index contributed by atoms with van der Waals surface area (Å²) in [6.07, 6.45) is 3.55. The van der Waals surface area contributed by atoms with Gasteiger partial charge in [0.2, 0.25) is 0 Å². The highest BCUT2D eigenvalue weighted by molar-refractivity contribution is 5.61. The Kier molecular flexibility index (Phi) is 4.47. The Labute approximate surface area is 135 Å². The smallest absolute Gasteiger partial charge is 0.130 e. The molecule has 1 N–H and O–H groups in total. The van der Waals surface area contributed by atoms with Crippen LogP contribution in [-0.4, -0.2) is 22.1 Å². The Hall–Kier alpha value is -2.95. The fourth-order valence-electron chi connectivity index (χ4n) is 2.30. The largest absolute Gasteiger partial charge is 0.497 e. The molecule has 3 rings (SSSR count). The van der Waals surface area contributed by atoms with Crippen molar-refractivity contribution in [3.8, 4) is 17.0 Å². The van der Waals surface area contributed by atoms with Crippen molar-refractivity contribution in [1.29, 1.82) is 0 Å². The molecule has 116 valence electrons. The van der Waals surface area contributed by atoms with Gasteiger partial charge in [-0.15, -0.1) is 0 Å². The highest BCUT2D eigenvalue weighted by atomic mass is 16.5. The van der Waals surface area contributed by atoms with Gasteiger partial charge in [0.15, 0.2) is 0 Å². The van der Waals surface area contributed by atoms with Gasteiger partial charge in [0.25, 0.3) is 0 Å². The molecule has 2 heterocycles. The van der Waals surface area contributed by atoms with E-state index in [0.717, 1.165) is 34.2 Å². The van der Waals surface area contributed by atoms with E-state index >= 15 is 0 Å². The third kappa shape index (κ3) is 3.83. The van der Waals surface area contributed by atoms with Crippen LogP contribution in [0.1, 0.15) is 11.4 Å². The molecule has 0 aliphatic carbocycles. The van der Waals surface area contributed by atoms with Crippen molar-refractivity contribution in [3.05, 3.63) is 66.2 Å². The lowest BCUT2D eigenvalue weighted by Crippen LogP contribution is -2.04. The molecule has 3 aromatic rings. The molecule has 0 bridgehead atoms. The zero-order valence-corrected chi connectivity index (χ0v) is 13.2. The van der Waals surface area contributed by atoms with Crippen molar-refractivity contribution in [2.75, 3.05) is 12.4 Å². The van der Waals surface area contributed by atoms with Crippen LogP contribution in [0.4, 0.5) is 5.82 Å². The molecule has 0 atom stereocenters. The summed E-state index contributed by atoms with van der Waals surface area (Å²) in [5.74, 6) is 2.36. The Morgan fingerprint density at radius 3 is 2.78 bits per heavy atom. The summed E-state index contributed by atoms with van der Waals surface area (Å²) in [5, 5.41) is 3.34. The topological polar surface area (TPSA) is 59.9 Å². The zero-order chi connectivity index (χ0) is 16.1. The molecule has 0 saturated carbocycles. The van der Waals surface area contributed by atoms with Crippen LogP contribution in [-0.2, 0) is 6.54 Å². The SMILES string of the molecule is COc1cccc(CNc2cc(-c3cccnc3)nc(C)n2)c1. The maximum Gasteiger partial charge on any atom is 0.130 e. The first kappa shape index (κ1) is 15.0. The average molecular weight is 306 g/mol. The van der Waals surface area contributed by atoms with Gasteiger partial charge in [-0.1, -0.05) is 12.1 Å². The van der Waals surface area contributed by atoms with Gasteiger partial charge >= 0.3 is 0 Å². The van der Waals surface area contributed by atoms with Gasteiger partial charge in [0.1, 0.15) is 17.4 Å². The maximum atomic E-state index is 5.24. The first-order chi connectivity index (χ1) is 11.2. The summed E-state index contributed by atoms with van der Waals surface area (Å²) >= 11 is 0. The minimum absolute atomic E-state index is 0.667. The quantitative estimate of drug-likeness (QED) is 0.782. The first-order valence-corrected chi connectivity index (χ1v) is 7.37. The summed E-state index contributed by atoms with van der Waals surface area (Å²) < 4.78 is 5.24. The van der Waals surface area contributed by atoms with Gasteiger partial charge in [-0.25, -0.2) is 9.97 Å². The number of aromatic nitrogens is 3. The van der Waals surface area contributed by atoms with E-state index in [2.05, 4.69) is 20.3 Å². The predicted molar refractivity (Wildman–Crippen MR) is 90.3 cm³/mol. The van der Waals surface area contributed by atoms with Gasteiger partial charge in [-0.3, -0.25) is 4.98 Å². The lowest BCUT2D eigenvalue weighted by Gasteiger charge is -2.09. The van der Waals surface area contributed by atoms with E-state index < -0.39 is 0 Å². The lowest BCUT2D eigenvalue weighted by atomic mass is 10.2. The summed E-state index contributed by atoms with van der Waals surface area (Å²) in [4.78, 5) is 13.1. The Morgan fingerprint density at radius 2 is 2.00 bits per heavy atom. The number of anilines is 1. The third-order valence-electron chi connectivity index (χ3n) is 3.40. The summed E-state index contributed by atoms with van der Waals surface area (Å²) in [5.41, 5.74) is 2.96. The number of aryl methyl sites for hydroxylation is 1. The fourth-order valence-corrected chi connectivity index (χ4v) is 2.30. The molecule has 0 spiro atoms. The maximum absolute atomic E-state index is 5.24. The normalized spacial score (nSPS) is 10.3. The van der Waals surface area contributed by atoms with Crippen LogP contribution in [0.2, 0.25) is 0 Å². The van der Waals surface area contributed by atoms with E-state index in [9.17, 15) is 0 Å². The fraction of sp³-hybridized carbons (Fsp3) is 0.167. The Morgan fingerprint density at radius 1 is 1.09 bits per heavy atom. The summed E-state index contributed by atoms with van der Waals surface area (Å²) in [6.45, 7) is 2.55. The van der Waals surface area contributed by atoms with Crippen molar-refractivity contribution in [1.82, 2.24) is 15.0 Å². The van der Waals surface area contributed by atoms with Crippen molar-refractivity contribution >= 4 is 5.82 Å². The van der Waals surface area contributed by atoms with Crippen molar-refractivity contribution in [2.45, 2.75) is 13.5 Å². The van der Waals surface area contributed by atoms with Gasteiger partial charge in [0.05, 0.1) is 12.8 Å². The minimum Gasteiger partial charge on any atom is -0.497 e. The van der Waals surface area contributed by atoms with E-state index in [1.165, 1.54) is 0 Å². The predicted octanol–water partition coefficient (Wildman–Crippen LogP) is 3.47. The van der Waals surface area contributed by atoms with Crippen LogP contribution < -0.4 is 10.1 Å². The van der Waals surface area contributed by atoms with E-state index in [0.29, 0.717) is 6.54 Å². The van der Waals surface area contributed by atoms with Crippen LogP contribution in [0.5, 0.6) is 5.75 Å². The molecular formula is C18H18N4O. The molecule has 0 aliphatic heterocycles. The van der Waals surface area contributed by atoms with Gasteiger partial charge < -0.3 is 10.1 Å². The standard InChI is InChI=1S/C18H18N4O/c1-13-21-17(15-6-4-8-19-12-15)10-18(22-13)20-11-14-5-3-7-16(9-14)23-2/h3-10,12H,11H2,1-2H3,(H,20,21,22). The number of hydrogen-bond acceptors (Lipinski definition) is 5. The third-order valence-corrected chi connectivity index (χ3v) is 3.40. The summed E-state index contributed by atoms with van der Waals surface area (Å²) in [6, 6.07) is 13.8. The summed E-state index contributed by atoms with van der Waals surface area (Å²) in [7, 11) is 1.67. The van der Waals surface area contributed by atoms with Crippen molar-refractivity contribution in [3.63, 3.8) is 0 Å². The molecule has 0 radical (unpaired) electrons. The van der Waals surface area contributed by atoms with Gasteiger partial charge in [-0.05, 0) is 36.8 Å².